The smallest absolute Gasteiger partial charge is 0.161 e. The van der Waals surface area contributed by atoms with Gasteiger partial charge in [-0.05, 0) is 45.5 Å². The Balaban J connectivity index is 2.30. The second-order valence-corrected chi connectivity index (χ2v) is 4.82. The molecule has 1 aromatic carbocycles. The lowest BCUT2D eigenvalue weighted by Gasteiger charge is -2.14. The zero-order chi connectivity index (χ0) is 15.0. The minimum absolute atomic E-state index is 0.131. The van der Waals surface area contributed by atoms with Crippen molar-refractivity contribution in [2.45, 2.75) is 32.4 Å². The highest BCUT2D eigenvalue weighted by Gasteiger charge is 2.10. The SMILES string of the molecule is CC(CCNCCCN)NCc1cc(F)c(F)cc1F. The van der Waals surface area contributed by atoms with Gasteiger partial charge in [-0.3, -0.25) is 0 Å². The zero-order valence-electron chi connectivity index (χ0n) is 11.7. The number of nitrogens with two attached hydrogens (primary N) is 1. The Morgan fingerprint density at radius 1 is 1.10 bits per heavy atom. The Kier molecular flexibility index (Phi) is 7.58. The molecule has 6 heteroatoms. The molecule has 1 aromatic rings. The molecule has 0 radical (unpaired) electrons. The van der Waals surface area contributed by atoms with Crippen LogP contribution in [0.25, 0.3) is 0 Å². The Morgan fingerprint density at radius 3 is 2.50 bits per heavy atom. The van der Waals surface area contributed by atoms with E-state index in [1.165, 1.54) is 0 Å². The third-order valence-electron chi connectivity index (χ3n) is 3.04. The minimum Gasteiger partial charge on any atom is -0.330 e. The monoisotopic (exact) mass is 289 g/mol. The van der Waals surface area contributed by atoms with E-state index in [1.54, 1.807) is 0 Å². The number of hydrogen-bond donors (Lipinski definition) is 3. The summed E-state index contributed by atoms with van der Waals surface area (Å²) in [5.74, 6) is -2.92. The molecule has 0 aliphatic rings. The van der Waals surface area contributed by atoms with Crippen LogP contribution in [0.15, 0.2) is 12.1 Å². The number of hydrogen-bond acceptors (Lipinski definition) is 3. The third kappa shape index (κ3) is 5.90. The third-order valence-corrected chi connectivity index (χ3v) is 3.04. The van der Waals surface area contributed by atoms with Crippen molar-refractivity contribution in [3.8, 4) is 0 Å². The van der Waals surface area contributed by atoms with E-state index in [1.807, 2.05) is 6.92 Å². The summed E-state index contributed by atoms with van der Waals surface area (Å²) >= 11 is 0. The number of halogens is 3. The fourth-order valence-electron chi connectivity index (χ4n) is 1.76. The first kappa shape index (κ1) is 16.9. The maximum atomic E-state index is 13.4. The Hall–Kier alpha value is -1.11. The van der Waals surface area contributed by atoms with Crippen LogP contribution in [0.2, 0.25) is 0 Å². The van der Waals surface area contributed by atoms with Gasteiger partial charge in [-0.25, -0.2) is 13.2 Å². The molecular weight excluding hydrogens is 267 g/mol. The van der Waals surface area contributed by atoms with Crippen LogP contribution in [0, 0.1) is 17.5 Å². The Labute approximate surface area is 117 Å². The zero-order valence-corrected chi connectivity index (χ0v) is 11.7. The topological polar surface area (TPSA) is 50.1 Å². The van der Waals surface area contributed by atoms with Gasteiger partial charge in [0.25, 0.3) is 0 Å². The van der Waals surface area contributed by atoms with Gasteiger partial charge in [-0.1, -0.05) is 0 Å². The predicted molar refractivity (Wildman–Crippen MR) is 73.8 cm³/mol. The highest BCUT2D eigenvalue weighted by atomic mass is 19.2. The van der Waals surface area contributed by atoms with Crippen LogP contribution < -0.4 is 16.4 Å². The van der Waals surface area contributed by atoms with Crippen molar-refractivity contribution in [1.29, 1.82) is 0 Å². The molecule has 0 bridgehead atoms. The molecule has 0 heterocycles. The molecule has 0 fully saturated rings. The molecule has 1 atom stereocenters. The second-order valence-electron chi connectivity index (χ2n) is 4.82. The van der Waals surface area contributed by atoms with E-state index in [0.717, 1.165) is 32.0 Å². The van der Waals surface area contributed by atoms with Crippen LogP contribution in [0.5, 0.6) is 0 Å². The molecule has 20 heavy (non-hydrogen) atoms. The van der Waals surface area contributed by atoms with Crippen LogP contribution in [0.4, 0.5) is 13.2 Å². The molecule has 0 saturated heterocycles. The van der Waals surface area contributed by atoms with Crippen molar-refractivity contribution in [3.05, 3.63) is 35.1 Å². The summed E-state index contributed by atoms with van der Waals surface area (Å²) in [6.45, 7) is 4.50. The van der Waals surface area contributed by atoms with Crippen molar-refractivity contribution in [1.82, 2.24) is 10.6 Å². The lowest BCUT2D eigenvalue weighted by atomic mass is 10.1. The molecule has 4 N–H and O–H groups in total. The summed E-state index contributed by atoms with van der Waals surface area (Å²) in [4.78, 5) is 0. The summed E-state index contributed by atoms with van der Waals surface area (Å²) in [7, 11) is 0. The van der Waals surface area contributed by atoms with Crippen molar-refractivity contribution in [3.63, 3.8) is 0 Å². The average molecular weight is 289 g/mol. The molecule has 0 aliphatic heterocycles. The van der Waals surface area contributed by atoms with E-state index in [9.17, 15) is 13.2 Å². The van der Waals surface area contributed by atoms with E-state index in [0.29, 0.717) is 12.6 Å². The summed E-state index contributed by atoms with van der Waals surface area (Å²) in [5, 5.41) is 6.32. The van der Waals surface area contributed by atoms with Gasteiger partial charge < -0.3 is 16.4 Å². The van der Waals surface area contributed by atoms with Gasteiger partial charge in [-0.15, -0.1) is 0 Å². The minimum atomic E-state index is -1.16. The molecule has 1 rings (SSSR count). The number of rotatable bonds is 9. The summed E-state index contributed by atoms with van der Waals surface area (Å²) in [6.07, 6.45) is 1.79. The van der Waals surface area contributed by atoms with Crippen LogP contribution in [-0.2, 0) is 6.54 Å². The van der Waals surface area contributed by atoms with E-state index in [2.05, 4.69) is 10.6 Å². The Morgan fingerprint density at radius 2 is 1.80 bits per heavy atom. The van der Waals surface area contributed by atoms with Crippen LogP contribution in [-0.4, -0.2) is 25.7 Å². The van der Waals surface area contributed by atoms with Crippen molar-refractivity contribution < 1.29 is 13.2 Å². The fourth-order valence-corrected chi connectivity index (χ4v) is 1.76. The molecular formula is C14H22F3N3. The van der Waals surface area contributed by atoms with Gasteiger partial charge in [0.2, 0.25) is 0 Å². The standard InChI is InChI=1S/C14H22F3N3/c1-10(3-6-19-5-2-4-18)20-9-11-7-13(16)14(17)8-12(11)15/h7-8,10,19-20H,2-6,9,18H2,1H3. The van der Waals surface area contributed by atoms with Crippen LogP contribution in [0.1, 0.15) is 25.3 Å². The van der Waals surface area contributed by atoms with Gasteiger partial charge in [-0.2, -0.15) is 0 Å². The molecule has 114 valence electrons. The summed E-state index contributed by atoms with van der Waals surface area (Å²) in [6, 6.07) is 1.61. The number of benzene rings is 1. The molecule has 0 aliphatic carbocycles. The normalized spacial score (nSPS) is 12.7. The first-order chi connectivity index (χ1) is 9.54. The highest BCUT2D eigenvalue weighted by Crippen LogP contribution is 2.13. The van der Waals surface area contributed by atoms with E-state index in [-0.39, 0.29) is 18.2 Å². The quantitative estimate of drug-likeness (QED) is 0.481. The first-order valence-corrected chi connectivity index (χ1v) is 6.82. The maximum absolute atomic E-state index is 13.4. The average Bonchev–Trinajstić information content (AvgIpc) is 2.41. The molecule has 0 spiro atoms. The van der Waals surface area contributed by atoms with E-state index in [4.69, 9.17) is 5.73 Å². The summed E-state index contributed by atoms with van der Waals surface area (Å²) < 4.78 is 39.2. The van der Waals surface area contributed by atoms with Crippen molar-refractivity contribution in [2.75, 3.05) is 19.6 Å². The maximum Gasteiger partial charge on any atom is 0.161 e. The molecule has 3 nitrogen and oxygen atoms in total. The predicted octanol–water partition coefficient (Wildman–Crippen LogP) is 1.91. The lowest BCUT2D eigenvalue weighted by Crippen LogP contribution is -2.30. The highest BCUT2D eigenvalue weighted by molar-refractivity contribution is 5.19. The first-order valence-electron chi connectivity index (χ1n) is 6.82. The van der Waals surface area contributed by atoms with E-state index >= 15 is 0 Å². The largest absolute Gasteiger partial charge is 0.330 e. The molecule has 0 amide bonds. The van der Waals surface area contributed by atoms with Crippen LogP contribution in [0.3, 0.4) is 0 Å². The molecule has 0 saturated carbocycles. The molecule has 1 unspecified atom stereocenters. The molecule has 0 aromatic heterocycles. The van der Waals surface area contributed by atoms with Crippen LogP contribution >= 0.6 is 0 Å². The van der Waals surface area contributed by atoms with Gasteiger partial charge >= 0.3 is 0 Å². The van der Waals surface area contributed by atoms with Crippen molar-refractivity contribution in [2.24, 2.45) is 5.73 Å². The van der Waals surface area contributed by atoms with Gasteiger partial charge in [0.15, 0.2) is 11.6 Å². The number of nitrogens with one attached hydrogen (secondary N) is 2. The van der Waals surface area contributed by atoms with Gasteiger partial charge in [0.1, 0.15) is 5.82 Å². The summed E-state index contributed by atoms with van der Waals surface area (Å²) in [5.41, 5.74) is 5.51. The Bertz CT molecular complexity index is 413. The second kappa shape index (κ2) is 8.94. The van der Waals surface area contributed by atoms with Gasteiger partial charge in [0, 0.05) is 24.2 Å². The van der Waals surface area contributed by atoms with Crippen molar-refractivity contribution >= 4 is 0 Å². The fraction of sp³-hybridized carbons (Fsp3) is 0.571. The van der Waals surface area contributed by atoms with E-state index < -0.39 is 17.5 Å². The van der Waals surface area contributed by atoms with Gasteiger partial charge in [0.05, 0.1) is 0 Å². The lowest BCUT2D eigenvalue weighted by molar-refractivity contribution is 0.467.